The molecule has 0 radical (unpaired) electrons. The van der Waals surface area contributed by atoms with Gasteiger partial charge in [0.1, 0.15) is 0 Å². The van der Waals surface area contributed by atoms with E-state index in [9.17, 15) is 0 Å². The molecule has 1 fully saturated rings. The second-order valence-electron chi connectivity index (χ2n) is 5.16. The molecule has 0 amide bonds. The van der Waals surface area contributed by atoms with Crippen LogP contribution in [0.4, 0.5) is 11.4 Å². The minimum absolute atomic E-state index is 0.810. The first-order valence-electron chi connectivity index (χ1n) is 7.60. The molecule has 22 heavy (non-hydrogen) atoms. The Labute approximate surface area is 131 Å². The number of hydrogen-bond donors (Lipinski definition) is 0. The van der Waals surface area contributed by atoms with E-state index in [1.165, 1.54) is 11.3 Å². The fourth-order valence-corrected chi connectivity index (χ4v) is 2.42. The van der Waals surface area contributed by atoms with Crippen molar-refractivity contribution in [1.29, 1.82) is 0 Å². The average molecular weight is 292 g/mol. The van der Waals surface area contributed by atoms with Crippen LogP contribution in [0.25, 0.3) is 6.08 Å². The second-order valence-corrected chi connectivity index (χ2v) is 5.16. The molecule has 0 aliphatic carbocycles. The molecule has 0 bridgehead atoms. The van der Waals surface area contributed by atoms with Crippen molar-refractivity contribution in [3.05, 3.63) is 66.2 Å². The summed E-state index contributed by atoms with van der Waals surface area (Å²) in [4.78, 5) is 6.79. The van der Waals surface area contributed by atoms with Crippen LogP contribution in [0.3, 0.4) is 0 Å². The van der Waals surface area contributed by atoms with Crippen molar-refractivity contribution in [1.82, 2.24) is 0 Å². The van der Waals surface area contributed by atoms with E-state index in [1.54, 1.807) is 0 Å². The number of nitrogens with zero attached hydrogens (tertiary/aromatic N) is 2. The molecule has 2 aromatic carbocycles. The zero-order valence-electron chi connectivity index (χ0n) is 12.6. The summed E-state index contributed by atoms with van der Waals surface area (Å²) >= 11 is 0. The van der Waals surface area contributed by atoms with Crippen molar-refractivity contribution in [3.8, 4) is 0 Å². The van der Waals surface area contributed by atoms with E-state index in [-0.39, 0.29) is 0 Å². The highest BCUT2D eigenvalue weighted by atomic mass is 16.5. The van der Waals surface area contributed by atoms with E-state index in [4.69, 9.17) is 4.74 Å². The third-order valence-corrected chi connectivity index (χ3v) is 3.62. The Bertz CT molecular complexity index is 626. The highest BCUT2D eigenvalue weighted by Crippen LogP contribution is 2.20. The minimum atomic E-state index is 0.810. The lowest BCUT2D eigenvalue weighted by Gasteiger charge is -2.28. The van der Waals surface area contributed by atoms with Gasteiger partial charge in [0.05, 0.1) is 18.9 Å². The predicted octanol–water partition coefficient (Wildman–Crippen LogP) is 3.94. The molecule has 3 nitrogen and oxygen atoms in total. The first-order valence-corrected chi connectivity index (χ1v) is 7.60. The first-order chi connectivity index (χ1) is 10.9. The van der Waals surface area contributed by atoms with Crippen LogP contribution >= 0.6 is 0 Å². The van der Waals surface area contributed by atoms with Crippen molar-refractivity contribution in [2.75, 3.05) is 31.2 Å². The summed E-state index contributed by atoms with van der Waals surface area (Å²) in [7, 11) is 0. The first kappa shape index (κ1) is 14.5. The van der Waals surface area contributed by atoms with Gasteiger partial charge in [0.15, 0.2) is 0 Å². The number of morpholine rings is 1. The molecular weight excluding hydrogens is 272 g/mol. The van der Waals surface area contributed by atoms with Gasteiger partial charge >= 0.3 is 0 Å². The van der Waals surface area contributed by atoms with Crippen LogP contribution in [0.15, 0.2) is 65.7 Å². The Morgan fingerprint density at radius 3 is 2.36 bits per heavy atom. The van der Waals surface area contributed by atoms with E-state index in [1.807, 2.05) is 36.6 Å². The topological polar surface area (TPSA) is 24.8 Å². The normalized spacial score (nSPS) is 15.7. The molecule has 1 aliphatic heterocycles. The van der Waals surface area contributed by atoms with Crippen LogP contribution in [-0.2, 0) is 4.74 Å². The molecule has 1 aliphatic rings. The number of rotatable bonds is 4. The summed E-state index contributed by atoms with van der Waals surface area (Å²) in [6.45, 7) is 3.54. The van der Waals surface area contributed by atoms with E-state index in [0.29, 0.717) is 0 Å². The second kappa shape index (κ2) is 7.57. The van der Waals surface area contributed by atoms with Crippen molar-refractivity contribution in [2.45, 2.75) is 0 Å². The summed E-state index contributed by atoms with van der Waals surface area (Å²) in [6.07, 6.45) is 5.84. The van der Waals surface area contributed by atoms with Crippen molar-refractivity contribution in [2.24, 2.45) is 4.99 Å². The van der Waals surface area contributed by atoms with Gasteiger partial charge in [-0.3, -0.25) is 4.99 Å². The van der Waals surface area contributed by atoms with Crippen molar-refractivity contribution in [3.63, 3.8) is 0 Å². The van der Waals surface area contributed by atoms with Gasteiger partial charge in [-0.15, -0.1) is 0 Å². The summed E-state index contributed by atoms with van der Waals surface area (Å²) < 4.78 is 5.37. The maximum Gasteiger partial charge on any atom is 0.0642 e. The molecule has 2 aromatic rings. The Morgan fingerprint density at radius 1 is 0.909 bits per heavy atom. The maximum atomic E-state index is 5.37. The molecule has 0 N–H and O–H groups in total. The largest absolute Gasteiger partial charge is 0.378 e. The van der Waals surface area contributed by atoms with Gasteiger partial charge in [-0.2, -0.15) is 0 Å². The molecule has 0 unspecified atom stereocenters. The summed E-state index contributed by atoms with van der Waals surface area (Å²) in [5.41, 5.74) is 3.38. The van der Waals surface area contributed by atoms with Crippen LogP contribution in [0, 0.1) is 0 Å². The number of allylic oxidation sites excluding steroid dienone is 1. The molecule has 0 spiro atoms. The van der Waals surface area contributed by atoms with Gasteiger partial charge in [0.25, 0.3) is 0 Å². The molecule has 1 heterocycles. The summed E-state index contributed by atoms with van der Waals surface area (Å²) in [5.74, 6) is 0. The number of anilines is 1. The Hall–Kier alpha value is -2.39. The fourth-order valence-electron chi connectivity index (χ4n) is 2.42. The van der Waals surface area contributed by atoms with Gasteiger partial charge in [-0.25, -0.2) is 0 Å². The van der Waals surface area contributed by atoms with E-state index >= 15 is 0 Å². The lowest BCUT2D eigenvalue weighted by atomic mass is 10.2. The predicted molar refractivity (Wildman–Crippen MR) is 93.1 cm³/mol. The summed E-state index contributed by atoms with van der Waals surface area (Å²) in [5, 5.41) is 0. The van der Waals surface area contributed by atoms with E-state index < -0.39 is 0 Å². The van der Waals surface area contributed by atoms with Crippen LogP contribution in [0.5, 0.6) is 0 Å². The Balaban J connectivity index is 1.58. The molecule has 0 atom stereocenters. The molecule has 1 saturated heterocycles. The number of ether oxygens (including phenoxy) is 1. The van der Waals surface area contributed by atoms with E-state index in [2.05, 4.69) is 46.3 Å². The lowest BCUT2D eigenvalue weighted by molar-refractivity contribution is 0.122. The Kier molecular flexibility index (Phi) is 5.00. The van der Waals surface area contributed by atoms with E-state index in [0.717, 1.165) is 32.0 Å². The third kappa shape index (κ3) is 4.06. The fraction of sp³-hybridized carbons (Fsp3) is 0.211. The Morgan fingerprint density at radius 2 is 1.64 bits per heavy atom. The van der Waals surface area contributed by atoms with Crippen molar-refractivity contribution >= 4 is 23.7 Å². The highest BCUT2D eigenvalue weighted by molar-refractivity contribution is 5.80. The minimum Gasteiger partial charge on any atom is -0.378 e. The van der Waals surface area contributed by atoms with Gasteiger partial charge in [0, 0.05) is 25.0 Å². The van der Waals surface area contributed by atoms with Gasteiger partial charge in [0.2, 0.25) is 0 Å². The van der Waals surface area contributed by atoms with Crippen LogP contribution in [0.2, 0.25) is 0 Å². The number of benzene rings is 2. The number of hydrogen-bond acceptors (Lipinski definition) is 3. The zero-order valence-corrected chi connectivity index (χ0v) is 12.6. The quantitative estimate of drug-likeness (QED) is 0.797. The molecule has 3 rings (SSSR count). The molecule has 0 aromatic heterocycles. The molecule has 3 heteroatoms. The van der Waals surface area contributed by atoms with Crippen LogP contribution in [-0.4, -0.2) is 32.5 Å². The standard InChI is InChI=1S/C19H20N2O/c1-2-5-17(6-3-1)7-4-12-20-18-8-10-19(11-9-18)21-13-15-22-16-14-21/h1-12H,13-16H2. The van der Waals surface area contributed by atoms with Gasteiger partial charge < -0.3 is 9.64 Å². The number of aliphatic imine (C=N–C) groups is 1. The average Bonchev–Trinajstić information content (AvgIpc) is 2.61. The molecule has 112 valence electrons. The third-order valence-electron chi connectivity index (χ3n) is 3.62. The molecule has 0 saturated carbocycles. The monoisotopic (exact) mass is 292 g/mol. The van der Waals surface area contributed by atoms with Crippen LogP contribution < -0.4 is 4.90 Å². The van der Waals surface area contributed by atoms with Crippen molar-refractivity contribution < 1.29 is 4.74 Å². The zero-order chi connectivity index (χ0) is 15.0. The van der Waals surface area contributed by atoms with Gasteiger partial charge in [-0.05, 0) is 35.9 Å². The summed E-state index contributed by atoms with van der Waals surface area (Å²) in [6, 6.07) is 18.6. The highest BCUT2D eigenvalue weighted by Gasteiger charge is 2.10. The smallest absolute Gasteiger partial charge is 0.0642 e. The SMILES string of the molecule is C(=Cc1ccccc1)C=Nc1ccc(N2CCOCC2)cc1. The molecular formula is C19H20N2O. The lowest BCUT2D eigenvalue weighted by Crippen LogP contribution is -2.36. The maximum absolute atomic E-state index is 5.37. The van der Waals surface area contributed by atoms with Crippen LogP contribution in [0.1, 0.15) is 5.56 Å². The van der Waals surface area contributed by atoms with Gasteiger partial charge in [-0.1, -0.05) is 36.4 Å².